The summed E-state index contributed by atoms with van der Waals surface area (Å²) in [4.78, 5) is 0. The van der Waals surface area contributed by atoms with E-state index in [1.807, 2.05) is 6.07 Å². The quantitative estimate of drug-likeness (QED) is 0.449. The first-order chi connectivity index (χ1) is 7.11. The minimum absolute atomic E-state index is 0.0999. The fourth-order valence-corrected chi connectivity index (χ4v) is 2.14. The summed E-state index contributed by atoms with van der Waals surface area (Å²) < 4.78 is 5.13. The van der Waals surface area contributed by atoms with Gasteiger partial charge in [0.15, 0.2) is 0 Å². The number of nitrogens with zero attached hydrogens (tertiary/aromatic N) is 1. The summed E-state index contributed by atoms with van der Waals surface area (Å²) in [5, 5.41) is 45.5. The van der Waals surface area contributed by atoms with Crippen molar-refractivity contribution in [3.63, 3.8) is 0 Å². The van der Waals surface area contributed by atoms with Crippen molar-refractivity contribution in [3.05, 3.63) is 0 Å². The minimum atomic E-state index is -1.37. The number of thioether (sulfide) groups is 1. The zero-order valence-electron chi connectivity index (χ0n) is 7.85. The lowest BCUT2D eigenvalue weighted by molar-refractivity contribution is -0.205. The summed E-state index contributed by atoms with van der Waals surface area (Å²) >= 11 is 1.01. The van der Waals surface area contributed by atoms with E-state index in [1.165, 1.54) is 0 Å². The van der Waals surface area contributed by atoms with Crippen molar-refractivity contribution in [1.82, 2.24) is 0 Å². The average molecular weight is 235 g/mol. The predicted octanol–water partition coefficient (Wildman–Crippen LogP) is -1.96. The molecule has 0 aromatic carbocycles. The smallest absolute Gasteiger partial charge is 0.133 e. The molecule has 7 heteroatoms. The molecular formula is C8H13NO5S. The summed E-state index contributed by atoms with van der Waals surface area (Å²) in [5.74, 6) is 0.0999. The SMILES string of the molecule is N#CCSC1O[C@H](CO)[C@H](O)[C@H](O)[C@H]1O. The van der Waals surface area contributed by atoms with Gasteiger partial charge in [0.05, 0.1) is 18.4 Å². The van der Waals surface area contributed by atoms with Gasteiger partial charge in [0.2, 0.25) is 0 Å². The van der Waals surface area contributed by atoms with Gasteiger partial charge < -0.3 is 25.2 Å². The van der Waals surface area contributed by atoms with Crippen molar-refractivity contribution in [2.75, 3.05) is 12.4 Å². The summed E-state index contributed by atoms with van der Waals surface area (Å²) in [6.45, 7) is -0.450. The summed E-state index contributed by atoms with van der Waals surface area (Å²) in [6, 6.07) is 1.86. The summed E-state index contributed by atoms with van der Waals surface area (Å²) in [5.41, 5.74) is -0.805. The van der Waals surface area contributed by atoms with Crippen LogP contribution in [0.4, 0.5) is 0 Å². The molecule has 1 aliphatic heterocycles. The average Bonchev–Trinajstić information content (AvgIpc) is 2.25. The molecule has 0 amide bonds. The molecule has 0 aliphatic carbocycles. The second kappa shape index (κ2) is 5.65. The Kier molecular flexibility index (Phi) is 4.79. The van der Waals surface area contributed by atoms with Crippen molar-refractivity contribution in [2.24, 2.45) is 0 Å². The van der Waals surface area contributed by atoms with Crippen LogP contribution in [0.15, 0.2) is 0 Å². The maximum absolute atomic E-state index is 9.50. The lowest BCUT2D eigenvalue weighted by Gasteiger charge is -2.39. The van der Waals surface area contributed by atoms with Crippen LogP contribution in [-0.4, -0.2) is 62.6 Å². The van der Waals surface area contributed by atoms with Gasteiger partial charge in [-0.3, -0.25) is 0 Å². The Morgan fingerprint density at radius 1 is 1.20 bits per heavy atom. The molecule has 0 bridgehead atoms. The van der Waals surface area contributed by atoms with Crippen LogP contribution < -0.4 is 0 Å². The molecule has 86 valence electrons. The van der Waals surface area contributed by atoms with Crippen molar-refractivity contribution in [2.45, 2.75) is 29.9 Å². The Morgan fingerprint density at radius 3 is 2.40 bits per heavy atom. The second-order valence-electron chi connectivity index (χ2n) is 3.17. The zero-order valence-corrected chi connectivity index (χ0v) is 8.67. The fraction of sp³-hybridized carbons (Fsp3) is 0.875. The first kappa shape index (κ1) is 12.7. The molecule has 1 saturated heterocycles. The van der Waals surface area contributed by atoms with E-state index in [0.29, 0.717) is 0 Å². The van der Waals surface area contributed by atoms with Gasteiger partial charge in [-0.05, 0) is 0 Å². The van der Waals surface area contributed by atoms with E-state index in [-0.39, 0.29) is 5.75 Å². The Bertz CT molecular complexity index is 244. The largest absolute Gasteiger partial charge is 0.394 e. The molecule has 15 heavy (non-hydrogen) atoms. The normalized spacial score (nSPS) is 41.1. The van der Waals surface area contributed by atoms with Gasteiger partial charge in [0.25, 0.3) is 0 Å². The van der Waals surface area contributed by atoms with E-state index in [0.717, 1.165) is 11.8 Å². The molecule has 1 fully saturated rings. The Balaban J connectivity index is 2.62. The van der Waals surface area contributed by atoms with Gasteiger partial charge in [-0.15, -0.1) is 11.8 Å². The van der Waals surface area contributed by atoms with E-state index >= 15 is 0 Å². The fourth-order valence-electron chi connectivity index (χ4n) is 1.32. The van der Waals surface area contributed by atoms with Gasteiger partial charge in [-0.25, -0.2) is 0 Å². The molecule has 0 aromatic rings. The molecular weight excluding hydrogens is 222 g/mol. The maximum atomic E-state index is 9.50. The number of aliphatic hydroxyl groups excluding tert-OH is 4. The molecule has 1 aliphatic rings. The van der Waals surface area contributed by atoms with E-state index < -0.39 is 36.5 Å². The zero-order chi connectivity index (χ0) is 11.4. The Morgan fingerprint density at radius 2 is 1.87 bits per heavy atom. The summed E-state index contributed by atoms with van der Waals surface area (Å²) in [7, 11) is 0. The monoisotopic (exact) mass is 235 g/mol. The summed E-state index contributed by atoms with van der Waals surface area (Å²) in [6.07, 6.45) is -4.88. The first-order valence-electron chi connectivity index (χ1n) is 4.41. The minimum Gasteiger partial charge on any atom is -0.394 e. The van der Waals surface area contributed by atoms with Crippen molar-refractivity contribution in [3.8, 4) is 6.07 Å². The van der Waals surface area contributed by atoms with Crippen LogP contribution in [0.3, 0.4) is 0 Å². The molecule has 4 N–H and O–H groups in total. The van der Waals surface area contributed by atoms with E-state index in [9.17, 15) is 15.3 Å². The molecule has 1 unspecified atom stereocenters. The van der Waals surface area contributed by atoms with E-state index in [4.69, 9.17) is 15.1 Å². The molecule has 0 spiro atoms. The van der Waals surface area contributed by atoms with Gasteiger partial charge in [0, 0.05) is 0 Å². The Hall–Kier alpha value is -0.360. The van der Waals surface area contributed by atoms with Crippen molar-refractivity contribution >= 4 is 11.8 Å². The highest BCUT2D eigenvalue weighted by Crippen LogP contribution is 2.27. The predicted molar refractivity (Wildman–Crippen MR) is 51.8 cm³/mol. The van der Waals surface area contributed by atoms with Crippen LogP contribution >= 0.6 is 11.8 Å². The lowest BCUT2D eigenvalue weighted by Crippen LogP contribution is -2.57. The number of hydrogen-bond donors (Lipinski definition) is 4. The lowest BCUT2D eigenvalue weighted by atomic mass is 10.0. The molecule has 1 heterocycles. The molecule has 0 radical (unpaired) electrons. The maximum Gasteiger partial charge on any atom is 0.133 e. The molecule has 5 atom stereocenters. The van der Waals surface area contributed by atoms with Crippen LogP contribution in [0.1, 0.15) is 0 Å². The number of nitriles is 1. The highest BCUT2D eigenvalue weighted by atomic mass is 32.2. The number of ether oxygens (including phenoxy) is 1. The molecule has 0 saturated carbocycles. The van der Waals surface area contributed by atoms with Gasteiger partial charge in [-0.1, -0.05) is 0 Å². The highest BCUT2D eigenvalue weighted by Gasteiger charge is 2.43. The van der Waals surface area contributed by atoms with E-state index in [2.05, 4.69) is 0 Å². The van der Waals surface area contributed by atoms with Crippen LogP contribution in [0.5, 0.6) is 0 Å². The van der Waals surface area contributed by atoms with Gasteiger partial charge >= 0.3 is 0 Å². The highest BCUT2D eigenvalue weighted by molar-refractivity contribution is 8.00. The van der Waals surface area contributed by atoms with Gasteiger partial charge in [0.1, 0.15) is 29.9 Å². The van der Waals surface area contributed by atoms with Crippen LogP contribution in [0.25, 0.3) is 0 Å². The van der Waals surface area contributed by atoms with Crippen molar-refractivity contribution < 1.29 is 25.2 Å². The van der Waals surface area contributed by atoms with Crippen LogP contribution in [-0.2, 0) is 4.74 Å². The van der Waals surface area contributed by atoms with Crippen LogP contribution in [0, 0.1) is 11.3 Å². The van der Waals surface area contributed by atoms with Crippen molar-refractivity contribution in [1.29, 1.82) is 5.26 Å². The Labute approximate surface area is 91.1 Å². The topological polar surface area (TPSA) is 114 Å². The third-order valence-corrected chi connectivity index (χ3v) is 3.17. The third-order valence-electron chi connectivity index (χ3n) is 2.16. The number of rotatable bonds is 3. The first-order valence-corrected chi connectivity index (χ1v) is 5.45. The standard InChI is InChI=1S/C8H13NO5S/c9-1-2-15-8-7(13)6(12)5(11)4(3-10)14-8/h4-8,10-13H,2-3H2/t4-,5+,6+,7-,8?/m1/s1. The number of hydrogen-bond acceptors (Lipinski definition) is 7. The second-order valence-corrected chi connectivity index (χ2v) is 4.25. The molecule has 0 aromatic heterocycles. The van der Waals surface area contributed by atoms with Gasteiger partial charge in [-0.2, -0.15) is 5.26 Å². The third kappa shape index (κ3) is 2.81. The number of aliphatic hydroxyl groups is 4. The molecule has 6 nitrogen and oxygen atoms in total. The van der Waals surface area contributed by atoms with Crippen LogP contribution in [0.2, 0.25) is 0 Å². The van der Waals surface area contributed by atoms with E-state index in [1.54, 1.807) is 0 Å². The molecule has 1 rings (SSSR count).